The molecule has 1 heterocycles. The first kappa shape index (κ1) is 20.8. The van der Waals surface area contributed by atoms with Gasteiger partial charge in [0.25, 0.3) is 11.7 Å². The lowest BCUT2D eigenvalue weighted by Gasteiger charge is -2.25. The van der Waals surface area contributed by atoms with E-state index in [2.05, 4.69) is 0 Å². The number of anilines is 1. The summed E-state index contributed by atoms with van der Waals surface area (Å²) in [6.45, 7) is 2.01. The Balaban J connectivity index is 1.92. The summed E-state index contributed by atoms with van der Waals surface area (Å²) in [6.07, 6.45) is 0.829. The van der Waals surface area contributed by atoms with E-state index in [0.29, 0.717) is 16.1 Å². The van der Waals surface area contributed by atoms with Crippen LogP contribution in [0.15, 0.2) is 78.4 Å². The number of Topliss-reactive ketones (excluding diaryl/α,β-unsaturated/α-hetero) is 1. The van der Waals surface area contributed by atoms with Gasteiger partial charge in [-0.15, -0.1) is 0 Å². The van der Waals surface area contributed by atoms with Crippen LogP contribution in [0.25, 0.3) is 5.76 Å². The van der Waals surface area contributed by atoms with Crippen LogP contribution in [-0.4, -0.2) is 16.8 Å². The zero-order valence-electron chi connectivity index (χ0n) is 16.7. The van der Waals surface area contributed by atoms with Crippen molar-refractivity contribution in [2.75, 3.05) is 4.90 Å². The van der Waals surface area contributed by atoms with E-state index in [-0.39, 0.29) is 17.0 Å². The van der Waals surface area contributed by atoms with Gasteiger partial charge in [-0.2, -0.15) is 0 Å². The van der Waals surface area contributed by atoms with E-state index in [4.69, 9.17) is 11.6 Å². The number of nitrogens with zero attached hydrogens (tertiary/aromatic N) is 1. The molecule has 1 N–H and O–H groups in total. The number of aryl methyl sites for hydroxylation is 1. The monoisotopic (exact) mass is 435 g/mol. The van der Waals surface area contributed by atoms with Crippen LogP contribution < -0.4 is 4.90 Å². The Morgan fingerprint density at radius 1 is 1.03 bits per heavy atom. The number of benzene rings is 3. The highest BCUT2D eigenvalue weighted by molar-refractivity contribution is 6.51. The Bertz CT molecular complexity index is 1190. The number of hydrogen-bond donors (Lipinski definition) is 1. The molecule has 1 amide bonds. The number of halogens is 2. The summed E-state index contributed by atoms with van der Waals surface area (Å²) in [6, 6.07) is 18.3. The SMILES string of the molecule is CCc1ccc(/C(O)=C2\C(=O)C(=O)N(c3cccc(F)c3)C2c2ccc(Cl)cc2)cc1. The van der Waals surface area contributed by atoms with Crippen molar-refractivity contribution in [1.82, 2.24) is 0 Å². The first-order chi connectivity index (χ1) is 14.9. The molecule has 0 spiro atoms. The summed E-state index contributed by atoms with van der Waals surface area (Å²) in [5.41, 5.74) is 2.24. The van der Waals surface area contributed by atoms with Gasteiger partial charge in [0, 0.05) is 16.3 Å². The molecule has 0 radical (unpaired) electrons. The summed E-state index contributed by atoms with van der Waals surface area (Å²) < 4.78 is 13.9. The minimum absolute atomic E-state index is 0.0548. The van der Waals surface area contributed by atoms with Gasteiger partial charge in [0.1, 0.15) is 11.6 Å². The van der Waals surface area contributed by atoms with E-state index in [0.717, 1.165) is 12.0 Å². The molecular formula is C25H19ClFNO3. The molecule has 31 heavy (non-hydrogen) atoms. The maximum atomic E-state index is 13.9. The van der Waals surface area contributed by atoms with Crippen molar-refractivity contribution < 1.29 is 19.1 Å². The van der Waals surface area contributed by atoms with Crippen LogP contribution in [0.3, 0.4) is 0 Å². The average Bonchev–Trinajstić information content (AvgIpc) is 3.04. The quantitative estimate of drug-likeness (QED) is 0.326. The summed E-state index contributed by atoms with van der Waals surface area (Å²) in [5.74, 6) is -2.48. The summed E-state index contributed by atoms with van der Waals surface area (Å²) in [5, 5.41) is 11.5. The Morgan fingerprint density at radius 3 is 2.32 bits per heavy atom. The highest BCUT2D eigenvalue weighted by Gasteiger charge is 2.47. The second-order valence-corrected chi connectivity index (χ2v) is 7.69. The normalized spacial score (nSPS) is 17.9. The van der Waals surface area contributed by atoms with Crippen molar-refractivity contribution in [1.29, 1.82) is 0 Å². The van der Waals surface area contributed by atoms with Gasteiger partial charge in [0.05, 0.1) is 11.6 Å². The van der Waals surface area contributed by atoms with Crippen LogP contribution in [0.1, 0.15) is 29.7 Å². The summed E-state index contributed by atoms with van der Waals surface area (Å²) >= 11 is 6.01. The average molecular weight is 436 g/mol. The van der Waals surface area contributed by atoms with Gasteiger partial charge < -0.3 is 5.11 Å². The van der Waals surface area contributed by atoms with Gasteiger partial charge in [-0.1, -0.05) is 61.0 Å². The Morgan fingerprint density at radius 2 is 1.71 bits per heavy atom. The molecule has 1 atom stereocenters. The number of aliphatic hydroxyl groups is 1. The molecule has 0 aromatic heterocycles. The molecule has 4 nitrogen and oxygen atoms in total. The molecule has 0 aliphatic carbocycles. The lowest BCUT2D eigenvalue weighted by Crippen LogP contribution is -2.29. The van der Waals surface area contributed by atoms with Crippen molar-refractivity contribution in [3.8, 4) is 0 Å². The second-order valence-electron chi connectivity index (χ2n) is 7.25. The van der Waals surface area contributed by atoms with E-state index in [1.807, 2.05) is 19.1 Å². The fourth-order valence-electron chi connectivity index (χ4n) is 3.74. The Labute approximate surface area is 184 Å². The summed E-state index contributed by atoms with van der Waals surface area (Å²) in [4.78, 5) is 27.2. The number of hydrogen-bond acceptors (Lipinski definition) is 3. The molecule has 0 saturated carbocycles. The molecule has 0 bridgehead atoms. The highest BCUT2D eigenvalue weighted by atomic mass is 35.5. The molecule has 3 aromatic rings. The molecule has 6 heteroatoms. The fourth-order valence-corrected chi connectivity index (χ4v) is 3.87. The van der Waals surface area contributed by atoms with E-state index < -0.39 is 23.5 Å². The number of amides is 1. The van der Waals surface area contributed by atoms with Crippen LogP contribution in [0.4, 0.5) is 10.1 Å². The van der Waals surface area contributed by atoms with Crippen LogP contribution in [0, 0.1) is 5.82 Å². The predicted octanol–water partition coefficient (Wildman–Crippen LogP) is 5.67. The van der Waals surface area contributed by atoms with E-state index in [9.17, 15) is 19.1 Å². The first-order valence-corrected chi connectivity index (χ1v) is 10.2. The van der Waals surface area contributed by atoms with Gasteiger partial charge in [0.2, 0.25) is 0 Å². The zero-order chi connectivity index (χ0) is 22.1. The number of aliphatic hydroxyl groups excluding tert-OH is 1. The minimum atomic E-state index is -0.926. The van der Waals surface area contributed by atoms with Gasteiger partial charge in [0.15, 0.2) is 0 Å². The van der Waals surface area contributed by atoms with Gasteiger partial charge >= 0.3 is 0 Å². The summed E-state index contributed by atoms with van der Waals surface area (Å²) in [7, 11) is 0. The topological polar surface area (TPSA) is 57.6 Å². The van der Waals surface area contributed by atoms with Gasteiger partial charge in [-0.05, 0) is 47.9 Å². The number of carbonyl (C=O) groups is 2. The molecule has 4 rings (SSSR count). The van der Waals surface area contributed by atoms with Crippen molar-refractivity contribution in [2.45, 2.75) is 19.4 Å². The largest absolute Gasteiger partial charge is 0.507 e. The predicted molar refractivity (Wildman–Crippen MR) is 118 cm³/mol. The number of carbonyl (C=O) groups excluding carboxylic acids is 2. The van der Waals surface area contributed by atoms with Crippen LogP contribution in [-0.2, 0) is 16.0 Å². The highest BCUT2D eigenvalue weighted by Crippen LogP contribution is 2.42. The molecular weight excluding hydrogens is 417 g/mol. The van der Waals surface area contributed by atoms with E-state index in [1.165, 1.54) is 23.1 Å². The van der Waals surface area contributed by atoms with Crippen LogP contribution in [0.5, 0.6) is 0 Å². The maximum absolute atomic E-state index is 13.9. The third-order valence-electron chi connectivity index (χ3n) is 5.35. The number of ketones is 1. The van der Waals surface area contributed by atoms with E-state index in [1.54, 1.807) is 42.5 Å². The van der Waals surface area contributed by atoms with Crippen molar-refractivity contribution in [3.63, 3.8) is 0 Å². The molecule has 1 fully saturated rings. The molecule has 156 valence electrons. The smallest absolute Gasteiger partial charge is 0.300 e. The van der Waals surface area contributed by atoms with Crippen molar-refractivity contribution in [3.05, 3.63) is 106 Å². The van der Waals surface area contributed by atoms with E-state index >= 15 is 0 Å². The van der Waals surface area contributed by atoms with Crippen LogP contribution >= 0.6 is 11.6 Å². The Hall–Kier alpha value is -3.44. The van der Waals surface area contributed by atoms with Crippen molar-refractivity contribution in [2.24, 2.45) is 0 Å². The minimum Gasteiger partial charge on any atom is -0.507 e. The van der Waals surface area contributed by atoms with Crippen molar-refractivity contribution >= 4 is 34.7 Å². The van der Waals surface area contributed by atoms with Gasteiger partial charge in [-0.25, -0.2) is 4.39 Å². The second kappa shape index (κ2) is 8.36. The lowest BCUT2D eigenvalue weighted by atomic mass is 9.94. The van der Waals surface area contributed by atoms with Crippen LogP contribution in [0.2, 0.25) is 5.02 Å². The Kier molecular flexibility index (Phi) is 5.61. The third kappa shape index (κ3) is 3.84. The zero-order valence-corrected chi connectivity index (χ0v) is 17.4. The fraction of sp³-hybridized carbons (Fsp3) is 0.120. The molecule has 1 saturated heterocycles. The maximum Gasteiger partial charge on any atom is 0.300 e. The third-order valence-corrected chi connectivity index (χ3v) is 5.60. The molecule has 1 unspecified atom stereocenters. The molecule has 1 aliphatic heterocycles. The lowest BCUT2D eigenvalue weighted by molar-refractivity contribution is -0.132. The molecule has 3 aromatic carbocycles. The van der Waals surface area contributed by atoms with Gasteiger partial charge in [-0.3, -0.25) is 14.5 Å². The first-order valence-electron chi connectivity index (χ1n) is 9.82. The standard InChI is InChI=1S/C25H19ClFNO3/c1-2-15-6-8-17(9-7-15)23(29)21-22(16-10-12-18(26)13-11-16)28(25(31)24(21)30)20-5-3-4-19(27)14-20/h3-14,22,29H,2H2,1H3/b23-21+. The molecule has 1 aliphatic rings. The number of rotatable bonds is 4.